The second-order valence-electron chi connectivity index (χ2n) is 6.11. The maximum absolute atomic E-state index is 12.6. The maximum atomic E-state index is 12.6. The molecule has 0 fully saturated rings. The third-order valence-corrected chi connectivity index (χ3v) is 6.02. The Balaban J connectivity index is 2.20. The number of halogens is 2. The Labute approximate surface area is 173 Å². The van der Waals surface area contributed by atoms with Gasteiger partial charge in [-0.15, -0.1) is 0 Å². The van der Waals surface area contributed by atoms with Crippen LogP contribution in [0, 0.1) is 0 Å². The number of hydrogen-bond donors (Lipinski definition) is 1. The van der Waals surface area contributed by atoms with E-state index in [0.29, 0.717) is 12.0 Å². The Kier molecular flexibility index (Phi) is 7.71. The number of rotatable bonds is 8. The van der Waals surface area contributed by atoms with E-state index in [1.165, 1.54) is 43.5 Å². The number of aromatic hydroxyl groups is 1. The van der Waals surface area contributed by atoms with Gasteiger partial charge in [-0.05, 0) is 42.3 Å². The van der Waals surface area contributed by atoms with E-state index in [1.807, 2.05) is 6.92 Å². The molecular formula is C19H20Cl2O6S. The molecule has 0 aliphatic carbocycles. The van der Waals surface area contributed by atoms with Crippen molar-refractivity contribution in [3.8, 4) is 5.75 Å². The number of phenols is 1. The predicted octanol–water partition coefficient (Wildman–Crippen LogP) is 4.25. The van der Waals surface area contributed by atoms with Crippen LogP contribution < -0.4 is 0 Å². The zero-order valence-electron chi connectivity index (χ0n) is 15.3. The lowest BCUT2D eigenvalue weighted by atomic mass is 10.1. The average Bonchev–Trinajstić information content (AvgIpc) is 2.60. The first-order chi connectivity index (χ1) is 13.2. The summed E-state index contributed by atoms with van der Waals surface area (Å²) in [6.45, 7) is 2.08. The van der Waals surface area contributed by atoms with E-state index in [4.69, 9.17) is 32.7 Å². The van der Waals surface area contributed by atoms with E-state index < -0.39 is 27.7 Å². The second-order valence-corrected chi connectivity index (χ2v) is 8.97. The molecule has 2 aromatic carbocycles. The van der Waals surface area contributed by atoms with E-state index in [2.05, 4.69) is 0 Å². The number of sulfone groups is 1. The van der Waals surface area contributed by atoms with Crippen LogP contribution in [0.3, 0.4) is 0 Å². The summed E-state index contributed by atoms with van der Waals surface area (Å²) in [6.07, 6.45) is 0.114. The Morgan fingerprint density at radius 2 is 1.79 bits per heavy atom. The third kappa shape index (κ3) is 5.85. The molecule has 2 rings (SSSR count). The SMILES string of the molecule is CCC(COC)OC(=O)c1ccc(CS(=O)(=O)c2cc(Cl)cc(Cl)c2)cc1O. The molecule has 28 heavy (non-hydrogen) atoms. The number of phenolic OH excluding ortho intramolecular Hbond substituents is 1. The zero-order valence-corrected chi connectivity index (χ0v) is 17.6. The summed E-state index contributed by atoms with van der Waals surface area (Å²) >= 11 is 11.7. The van der Waals surface area contributed by atoms with Gasteiger partial charge < -0.3 is 14.6 Å². The first-order valence-electron chi connectivity index (χ1n) is 8.37. The van der Waals surface area contributed by atoms with Crippen LogP contribution in [0.2, 0.25) is 10.0 Å². The van der Waals surface area contributed by atoms with Crippen molar-refractivity contribution in [3.63, 3.8) is 0 Å². The minimum absolute atomic E-state index is 0.0293. The molecule has 1 atom stereocenters. The van der Waals surface area contributed by atoms with Crippen molar-refractivity contribution in [2.24, 2.45) is 0 Å². The molecule has 2 aromatic rings. The summed E-state index contributed by atoms with van der Waals surface area (Å²) in [5, 5.41) is 10.6. The van der Waals surface area contributed by atoms with Crippen LogP contribution in [0.1, 0.15) is 29.3 Å². The fourth-order valence-corrected chi connectivity index (χ4v) is 4.54. The summed E-state index contributed by atoms with van der Waals surface area (Å²) < 4.78 is 35.4. The van der Waals surface area contributed by atoms with Gasteiger partial charge in [0.25, 0.3) is 0 Å². The van der Waals surface area contributed by atoms with Crippen molar-refractivity contribution < 1.29 is 27.8 Å². The highest BCUT2D eigenvalue weighted by atomic mass is 35.5. The number of carbonyl (C=O) groups is 1. The van der Waals surface area contributed by atoms with Gasteiger partial charge in [0.2, 0.25) is 0 Å². The highest BCUT2D eigenvalue weighted by molar-refractivity contribution is 7.90. The first kappa shape index (κ1) is 22.5. The third-order valence-electron chi connectivity index (χ3n) is 3.92. The predicted molar refractivity (Wildman–Crippen MR) is 107 cm³/mol. The molecule has 0 saturated carbocycles. The van der Waals surface area contributed by atoms with Crippen molar-refractivity contribution >= 4 is 39.0 Å². The van der Waals surface area contributed by atoms with Gasteiger partial charge in [-0.25, -0.2) is 13.2 Å². The molecule has 0 aliphatic rings. The van der Waals surface area contributed by atoms with Crippen LogP contribution >= 0.6 is 23.2 Å². The van der Waals surface area contributed by atoms with Crippen LogP contribution in [0.5, 0.6) is 5.75 Å². The fourth-order valence-electron chi connectivity index (χ4n) is 2.49. The molecule has 0 radical (unpaired) electrons. The molecule has 9 heteroatoms. The number of esters is 1. The van der Waals surface area contributed by atoms with Gasteiger partial charge in [0.1, 0.15) is 17.4 Å². The van der Waals surface area contributed by atoms with E-state index >= 15 is 0 Å². The Hall–Kier alpha value is -1.80. The lowest BCUT2D eigenvalue weighted by molar-refractivity contribution is 0.00451. The highest BCUT2D eigenvalue weighted by Crippen LogP contribution is 2.27. The maximum Gasteiger partial charge on any atom is 0.342 e. The molecule has 0 heterocycles. The van der Waals surface area contributed by atoms with Crippen molar-refractivity contribution in [2.45, 2.75) is 30.1 Å². The van der Waals surface area contributed by atoms with Gasteiger partial charge in [-0.3, -0.25) is 0 Å². The lowest BCUT2D eigenvalue weighted by Gasteiger charge is -2.16. The first-order valence-corrected chi connectivity index (χ1v) is 10.8. The molecule has 0 spiro atoms. The van der Waals surface area contributed by atoms with Crippen LogP contribution in [0.25, 0.3) is 0 Å². The molecule has 0 bridgehead atoms. The van der Waals surface area contributed by atoms with E-state index in [1.54, 1.807) is 0 Å². The van der Waals surface area contributed by atoms with Crippen LogP contribution in [0.15, 0.2) is 41.3 Å². The van der Waals surface area contributed by atoms with E-state index in [-0.39, 0.29) is 32.9 Å². The van der Waals surface area contributed by atoms with Gasteiger partial charge in [-0.2, -0.15) is 0 Å². The van der Waals surface area contributed by atoms with Crippen molar-refractivity contribution in [1.29, 1.82) is 0 Å². The van der Waals surface area contributed by atoms with Crippen molar-refractivity contribution in [1.82, 2.24) is 0 Å². The second kappa shape index (κ2) is 9.60. The topological polar surface area (TPSA) is 89.9 Å². The molecule has 152 valence electrons. The molecule has 0 saturated heterocycles. The van der Waals surface area contributed by atoms with Gasteiger partial charge in [0.05, 0.1) is 17.3 Å². The minimum Gasteiger partial charge on any atom is -0.507 e. The smallest absolute Gasteiger partial charge is 0.342 e. The van der Waals surface area contributed by atoms with E-state index in [0.717, 1.165) is 0 Å². The Bertz CT molecular complexity index is 939. The molecule has 1 N–H and O–H groups in total. The Morgan fingerprint density at radius 3 is 2.32 bits per heavy atom. The van der Waals surface area contributed by atoms with Gasteiger partial charge in [-0.1, -0.05) is 36.2 Å². The lowest BCUT2D eigenvalue weighted by Crippen LogP contribution is -2.22. The average molecular weight is 447 g/mol. The Morgan fingerprint density at radius 1 is 1.14 bits per heavy atom. The number of hydrogen-bond acceptors (Lipinski definition) is 6. The molecule has 0 aliphatic heterocycles. The molecule has 0 aromatic heterocycles. The standard InChI is InChI=1S/C19H20Cl2O6S/c1-3-15(10-26-2)27-19(23)17-5-4-12(6-18(17)22)11-28(24,25)16-8-13(20)7-14(21)9-16/h4-9,15,22H,3,10-11H2,1-2H3. The molecule has 6 nitrogen and oxygen atoms in total. The van der Waals surface area contributed by atoms with Crippen LogP contribution in [0.4, 0.5) is 0 Å². The van der Waals surface area contributed by atoms with Gasteiger partial charge in [0.15, 0.2) is 9.84 Å². The highest BCUT2D eigenvalue weighted by Gasteiger charge is 2.21. The molecule has 1 unspecified atom stereocenters. The summed E-state index contributed by atoms with van der Waals surface area (Å²) in [4.78, 5) is 12.2. The number of benzene rings is 2. The van der Waals surface area contributed by atoms with Crippen molar-refractivity contribution in [2.75, 3.05) is 13.7 Å². The van der Waals surface area contributed by atoms with Crippen molar-refractivity contribution in [3.05, 3.63) is 57.6 Å². The quantitative estimate of drug-likeness (QED) is 0.609. The number of carbonyl (C=O) groups excluding carboxylic acids is 1. The molecule has 0 amide bonds. The minimum atomic E-state index is -3.75. The zero-order chi connectivity index (χ0) is 20.9. The summed E-state index contributed by atoms with van der Waals surface area (Å²) in [7, 11) is -2.25. The summed E-state index contributed by atoms with van der Waals surface area (Å²) in [5.74, 6) is -1.47. The number of methoxy groups -OCH3 is 1. The fraction of sp³-hybridized carbons (Fsp3) is 0.316. The van der Waals surface area contributed by atoms with Crippen LogP contribution in [-0.4, -0.2) is 39.3 Å². The van der Waals surface area contributed by atoms with Gasteiger partial charge in [0, 0.05) is 17.2 Å². The summed E-state index contributed by atoms with van der Waals surface area (Å²) in [6, 6.07) is 8.02. The largest absolute Gasteiger partial charge is 0.507 e. The normalized spacial score (nSPS) is 12.6. The monoisotopic (exact) mass is 446 g/mol. The molecular weight excluding hydrogens is 427 g/mol. The van der Waals surface area contributed by atoms with E-state index in [9.17, 15) is 18.3 Å². The van der Waals surface area contributed by atoms with Crippen LogP contribution in [-0.2, 0) is 25.1 Å². The van der Waals surface area contributed by atoms with Gasteiger partial charge >= 0.3 is 5.97 Å². The number of ether oxygens (including phenoxy) is 2. The summed E-state index contributed by atoms with van der Waals surface area (Å²) in [5.41, 5.74) is 0.246.